The Morgan fingerprint density at radius 2 is 2.09 bits per heavy atom. The smallest absolute Gasteiger partial charge is 0.324 e. The lowest BCUT2D eigenvalue weighted by Crippen LogP contribution is -2.56. The van der Waals surface area contributed by atoms with Gasteiger partial charge in [-0.25, -0.2) is 4.79 Å². The third-order valence-electron chi connectivity index (χ3n) is 5.05. The molecule has 0 aromatic carbocycles. The molecule has 7 heteroatoms. The Labute approximate surface area is 130 Å². The van der Waals surface area contributed by atoms with Crippen LogP contribution < -0.4 is 10.6 Å². The van der Waals surface area contributed by atoms with Gasteiger partial charge in [0.05, 0.1) is 6.54 Å². The minimum atomic E-state index is -0.850. The van der Waals surface area contributed by atoms with E-state index in [0.717, 1.165) is 37.1 Å². The Bertz CT molecular complexity index is 505. The number of amides is 4. The number of imide groups is 1. The van der Waals surface area contributed by atoms with Gasteiger partial charge in [0.1, 0.15) is 5.54 Å². The highest BCUT2D eigenvalue weighted by molar-refractivity contribution is 6.06. The number of piperidine rings is 1. The van der Waals surface area contributed by atoms with Crippen molar-refractivity contribution in [2.45, 2.75) is 44.2 Å². The van der Waals surface area contributed by atoms with E-state index < -0.39 is 5.54 Å². The summed E-state index contributed by atoms with van der Waals surface area (Å²) in [6, 6.07) is 0.0334. The maximum absolute atomic E-state index is 12.4. The number of hydrogen-bond donors (Lipinski definition) is 2. The second-order valence-corrected chi connectivity index (χ2v) is 6.91. The molecular weight excluding hydrogens is 284 g/mol. The molecule has 0 spiro atoms. The summed E-state index contributed by atoms with van der Waals surface area (Å²) in [6.45, 7) is 3.70. The van der Waals surface area contributed by atoms with Crippen molar-refractivity contribution >= 4 is 17.8 Å². The first-order valence-corrected chi connectivity index (χ1v) is 8.02. The number of nitrogens with zero attached hydrogens (tertiary/aromatic N) is 2. The number of likely N-dealkylation sites (N-methyl/N-ethyl adjacent to an activating group) is 1. The van der Waals surface area contributed by atoms with Crippen LogP contribution in [0.4, 0.5) is 4.79 Å². The Hall–Kier alpha value is -1.63. The molecule has 3 rings (SSSR count). The summed E-state index contributed by atoms with van der Waals surface area (Å²) in [5.74, 6) is -0.0737. The molecule has 2 N–H and O–H groups in total. The zero-order valence-electron chi connectivity index (χ0n) is 13.2. The number of rotatable bonds is 4. The van der Waals surface area contributed by atoms with Crippen LogP contribution in [0.5, 0.6) is 0 Å². The van der Waals surface area contributed by atoms with Gasteiger partial charge in [0, 0.05) is 25.6 Å². The average Bonchev–Trinajstić information content (AvgIpc) is 3.25. The number of nitrogens with one attached hydrogen (secondary N) is 2. The molecule has 2 saturated heterocycles. The van der Waals surface area contributed by atoms with Crippen LogP contribution in [0.3, 0.4) is 0 Å². The summed E-state index contributed by atoms with van der Waals surface area (Å²) < 4.78 is 0. The van der Waals surface area contributed by atoms with E-state index >= 15 is 0 Å². The van der Waals surface area contributed by atoms with Gasteiger partial charge in [0.2, 0.25) is 5.91 Å². The molecule has 3 aliphatic rings. The maximum Gasteiger partial charge on any atom is 0.324 e. The van der Waals surface area contributed by atoms with Crippen LogP contribution in [0, 0.1) is 5.92 Å². The molecule has 4 amide bonds. The van der Waals surface area contributed by atoms with Crippen molar-refractivity contribution in [1.29, 1.82) is 0 Å². The van der Waals surface area contributed by atoms with Gasteiger partial charge in [0.15, 0.2) is 0 Å². The van der Waals surface area contributed by atoms with Crippen LogP contribution in [0.25, 0.3) is 0 Å². The zero-order valence-corrected chi connectivity index (χ0v) is 13.2. The van der Waals surface area contributed by atoms with E-state index in [9.17, 15) is 14.4 Å². The number of urea groups is 1. The number of hydrogen-bond acceptors (Lipinski definition) is 4. The molecule has 122 valence electrons. The van der Waals surface area contributed by atoms with Gasteiger partial charge >= 0.3 is 6.03 Å². The summed E-state index contributed by atoms with van der Waals surface area (Å²) in [5, 5.41) is 5.82. The molecule has 0 bridgehead atoms. The van der Waals surface area contributed by atoms with Crippen molar-refractivity contribution in [2.75, 3.05) is 26.7 Å². The fourth-order valence-corrected chi connectivity index (χ4v) is 3.45. The van der Waals surface area contributed by atoms with Gasteiger partial charge < -0.3 is 10.6 Å². The van der Waals surface area contributed by atoms with Gasteiger partial charge in [0.25, 0.3) is 5.91 Å². The molecular formula is C15H24N4O3. The summed E-state index contributed by atoms with van der Waals surface area (Å²) in [5.41, 5.74) is -0.850. The van der Waals surface area contributed by atoms with Gasteiger partial charge in [-0.1, -0.05) is 0 Å². The standard InChI is InChI=1S/C15H24N4O3/c1-15(13(21)18(2)14(22)17-15)10-4-3-7-19(8-10)9-12(20)16-11-5-6-11/h10-11H,3-9H2,1-2H3,(H,16,20)(H,17,22)/t10-,15+/m1/s1. The molecule has 0 aromatic heterocycles. The molecule has 2 aliphatic heterocycles. The van der Waals surface area contributed by atoms with Crippen LogP contribution in [0.2, 0.25) is 0 Å². The van der Waals surface area contributed by atoms with E-state index in [-0.39, 0.29) is 23.8 Å². The van der Waals surface area contributed by atoms with E-state index in [4.69, 9.17) is 0 Å². The van der Waals surface area contributed by atoms with E-state index in [1.165, 1.54) is 7.05 Å². The minimum absolute atomic E-state index is 0.0383. The molecule has 2 atom stereocenters. The van der Waals surface area contributed by atoms with Crippen LogP contribution >= 0.6 is 0 Å². The summed E-state index contributed by atoms with van der Waals surface area (Å²) >= 11 is 0. The third-order valence-corrected chi connectivity index (χ3v) is 5.05. The average molecular weight is 308 g/mol. The maximum atomic E-state index is 12.4. The fraction of sp³-hybridized carbons (Fsp3) is 0.800. The van der Waals surface area contributed by atoms with Crippen molar-refractivity contribution in [3.05, 3.63) is 0 Å². The van der Waals surface area contributed by atoms with Crippen molar-refractivity contribution in [3.8, 4) is 0 Å². The first-order valence-electron chi connectivity index (χ1n) is 8.02. The van der Waals surface area contributed by atoms with Gasteiger partial charge in [-0.2, -0.15) is 0 Å². The van der Waals surface area contributed by atoms with E-state index in [1.54, 1.807) is 6.92 Å². The predicted octanol–water partition coefficient (Wildman–Crippen LogP) is -0.0827. The van der Waals surface area contributed by atoms with Crippen LogP contribution in [0.15, 0.2) is 0 Å². The summed E-state index contributed by atoms with van der Waals surface area (Å²) in [4.78, 5) is 39.3. The molecule has 0 radical (unpaired) electrons. The number of likely N-dealkylation sites (tertiary alicyclic amines) is 1. The van der Waals surface area contributed by atoms with Crippen LogP contribution in [-0.2, 0) is 9.59 Å². The second-order valence-electron chi connectivity index (χ2n) is 6.91. The second kappa shape index (κ2) is 5.53. The van der Waals surface area contributed by atoms with E-state index in [2.05, 4.69) is 15.5 Å². The Morgan fingerprint density at radius 1 is 1.36 bits per heavy atom. The predicted molar refractivity (Wildman–Crippen MR) is 80.0 cm³/mol. The molecule has 0 unspecified atom stereocenters. The van der Waals surface area contributed by atoms with Crippen molar-refractivity contribution < 1.29 is 14.4 Å². The fourth-order valence-electron chi connectivity index (χ4n) is 3.45. The molecule has 7 nitrogen and oxygen atoms in total. The molecule has 0 aromatic rings. The Kier molecular flexibility index (Phi) is 3.84. The Morgan fingerprint density at radius 3 is 2.68 bits per heavy atom. The van der Waals surface area contributed by atoms with Gasteiger partial charge in [-0.3, -0.25) is 19.4 Å². The lowest BCUT2D eigenvalue weighted by Gasteiger charge is -2.39. The van der Waals surface area contributed by atoms with Crippen molar-refractivity contribution in [2.24, 2.45) is 5.92 Å². The third kappa shape index (κ3) is 2.82. The van der Waals surface area contributed by atoms with E-state index in [1.807, 2.05) is 0 Å². The molecule has 1 saturated carbocycles. The molecule has 2 heterocycles. The molecule has 1 aliphatic carbocycles. The summed E-state index contributed by atoms with van der Waals surface area (Å²) in [6.07, 6.45) is 3.99. The zero-order chi connectivity index (χ0) is 15.9. The van der Waals surface area contributed by atoms with Gasteiger partial charge in [-0.05, 0) is 39.2 Å². The minimum Gasteiger partial charge on any atom is -0.352 e. The van der Waals surface area contributed by atoms with Gasteiger partial charge in [-0.15, -0.1) is 0 Å². The SMILES string of the molecule is CN1C(=O)N[C@@](C)([C@@H]2CCCN(CC(=O)NC3CC3)C2)C1=O. The Balaban J connectivity index is 1.61. The van der Waals surface area contributed by atoms with Crippen molar-refractivity contribution in [3.63, 3.8) is 0 Å². The quantitative estimate of drug-likeness (QED) is 0.712. The monoisotopic (exact) mass is 308 g/mol. The molecule has 3 fully saturated rings. The number of carbonyl (C=O) groups is 3. The lowest BCUT2D eigenvalue weighted by atomic mass is 9.80. The largest absolute Gasteiger partial charge is 0.352 e. The highest BCUT2D eigenvalue weighted by Crippen LogP contribution is 2.31. The lowest BCUT2D eigenvalue weighted by molar-refractivity contribution is -0.132. The normalized spacial score (nSPS) is 33.0. The topological polar surface area (TPSA) is 81.8 Å². The highest BCUT2D eigenvalue weighted by atomic mass is 16.2. The first-order chi connectivity index (χ1) is 10.4. The number of carbonyl (C=O) groups excluding carboxylic acids is 3. The first kappa shape index (κ1) is 15.3. The van der Waals surface area contributed by atoms with E-state index in [0.29, 0.717) is 19.1 Å². The van der Waals surface area contributed by atoms with Crippen molar-refractivity contribution in [1.82, 2.24) is 20.4 Å². The van der Waals surface area contributed by atoms with Crippen LogP contribution in [-0.4, -0.2) is 65.9 Å². The summed E-state index contributed by atoms with van der Waals surface area (Å²) in [7, 11) is 1.51. The molecule has 22 heavy (non-hydrogen) atoms. The highest BCUT2D eigenvalue weighted by Gasteiger charge is 2.51. The van der Waals surface area contributed by atoms with Crippen LogP contribution in [0.1, 0.15) is 32.6 Å².